The summed E-state index contributed by atoms with van der Waals surface area (Å²) in [6.07, 6.45) is 1.46. The number of hydrogen-bond acceptors (Lipinski definition) is 5. The van der Waals surface area contributed by atoms with E-state index < -0.39 is 11.1 Å². The summed E-state index contributed by atoms with van der Waals surface area (Å²) in [6, 6.07) is 8.27. The molecule has 8 heteroatoms. The van der Waals surface area contributed by atoms with Gasteiger partial charge in [0.05, 0.1) is 0 Å². The minimum Gasteiger partial charge on any atom is -0.455 e. The molecule has 0 aliphatic heterocycles. The molecule has 3 aromatic rings. The third kappa shape index (κ3) is 3.10. The first-order valence-electron chi connectivity index (χ1n) is 6.70. The molecule has 1 amide bonds. The molecule has 3 rings (SSSR count). The van der Waals surface area contributed by atoms with Gasteiger partial charge in [0.2, 0.25) is 5.91 Å². The number of aromatic nitrogens is 3. The van der Waals surface area contributed by atoms with Gasteiger partial charge in [0.25, 0.3) is 0 Å². The van der Waals surface area contributed by atoms with E-state index in [1.807, 2.05) is 0 Å². The first kappa shape index (κ1) is 14.5. The van der Waals surface area contributed by atoms with Crippen LogP contribution in [0.3, 0.4) is 0 Å². The van der Waals surface area contributed by atoms with Gasteiger partial charge < -0.3 is 20.0 Å². The standard InChI is InChI=1S/C15H12N4O4/c1-8(20)17-9-2-4-10(5-3-9)23-11-6-7-16-13-12(11)18-14(21)15(22)19-13/h2-7H,1H3,(H,17,20)(H,18,21)(H,16,19,22). The van der Waals surface area contributed by atoms with Gasteiger partial charge in [-0.2, -0.15) is 0 Å². The van der Waals surface area contributed by atoms with Crippen molar-refractivity contribution >= 4 is 22.8 Å². The van der Waals surface area contributed by atoms with Crippen LogP contribution in [0.4, 0.5) is 5.69 Å². The van der Waals surface area contributed by atoms with Crippen molar-refractivity contribution in [3.8, 4) is 11.5 Å². The van der Waals surface area contributed by atoms with Crippen molar-refractivity contribution in [1.29, 1.82) is 0 Å². The number of carbonyl (C=O) groups excluding carboxylic acids is 1. The summed E-state index contributed by atoms with van der Waals surface area (Å²) >= 11 is 0. The zero-order valence-corrected chi connectivity index (χ0v) is 12.0. The maximum absolute atomic E-state index is 11.5. The molecule has 0 aliphatic rings. The molecule has 8 nitrogen and oxygen atoms in total. The molecule has 116 valence electrons. The van der Waals surface area contributed by atoms with Crippen molar-refractivity contribution in [2.24, 2.45) is 0 Å². The molecule has 23 heavy (non-hydrogen) atoms. The smallest absolute Gasteiger partial charge is 0.315 e. The topological polar surface area (TPSA) is 117 Å². The molecule has 0 spiro atoms. The van der Waals surface area contributed by atoms with Crippen LogP contribution < -0.4 is 21.2 Å². The Labute approximate surface area is 129 Å². The molecule has 2 aromatic heterocycles. The molecule has 0 radical (unpaired) electrons. The maximum Gasteiger partial charge on any atom is 0.315 e. The summed E-state index contributed by atoms with van der Waals surface area (Å²) in [5.74, 6) is 0.676. The number of benzene rings is 1. The Bertz CT molecular complexity index is 989. The van der Waals surface area contributed by atoms with Gasteiger partial charge in [-0.15, -0.1) is 0 Å². The summed E-state index contributed by atoms with van der Waals surface area (Å²) in [7, 11) is 0. The van der Waals surface area contributed by atoms with Gasteiger partial charge >= 0.3 is 11.1 Å². The van der Waals surface area contributed by atoms with Crippen molar-refractivity contribution in [2.75, 3.05) is 5.32 Å². The van der Waals surface area contributed by atoms with Crippen LogP contribution in [0.2, 0.25) is 0 Å². The average Bonchev–Trinajstić information content (AvgIpc) is 2.51. The Kier molecular flexibility index (Phi) is 3.63. The van der Waals surface area contributed by atoms with Crippen LogP contribution in [0, 0.1) is 0 Å². The highest BCUT2D eigenvalue weighted by Gasteiger charge is 2.08. The summed E-state index contributed by atoms with van der Waals surface area (Å²) in [5.41, 5.74) is -0.398. The number of aromatic amines is 2. The van der Waals surface area contributed by atoms with E-state index >= 15 is 0 Å². The molecule has 0 fully saturated rings. The van der Waals surface area contributed by atoms with Crippen molar-refractivity contribution in [2.45, 2.75) is 6.92 Å². The van der Waals surface area contributed by atoms with E-state index in [9.17, 15) is 14.4 Å². The first-order chi connectivity index (χ1) is 11.0. The zero-order valence-electron chi connectivity index (χ0n) is 12.0. The molecule has 0 atom stereocenters. The molecular formula is C15H12N4O4. The van der Waals surface area contributed by atoms with Crippen LogP contribution in [0.15, 0.2) is 46.1 Å². The van der Waals surface area contributed by atoms with Gasteiger partial charge in [-0.3, -0.25) is 14.4 Å². The van der Waals surface area contributed by atoms with Gasteiger partial charge in [0.1, 0.15) is 11.3 Å². The Hall–Kier alpha value is -3.42. The predicted molar refractivity (Wildman–Crippen MR) is 83.8 cm³/mol. The van der Waals surface area contributed by atoms with Crippen LogP contribution in [0.25, 0.3) is 11.2 Å². The monoisotopic (exact) mass is 312 g/mol. The number of nitrogens with zero attached hydrogens (tertiary/aromatic N) is 1. The van der Waals surface area contributed by atoms with E-state index in [1.54, 1.807) is 30.3 Å². The maximum atomic E-state index is 11.5. The number of fused-ring (bicyclic) bond motifs is 1. The number of pyridine rings is 1. The second-order valence-electron chi connectivity index (χ2n) is 4.75. The lowest BCUT2D eigenvalue weighted by Gasteiger charge is -2.09. The average molecular weight is 312 g/mol. The number of rotatable bonds is 3. The van der Waals surface area contributed by atoms with Crippen LogP contribution in [0.5, 0.6) is 11.5 Å². The fourth-order valence-electron chi connectivity index (χ4n) is 2.02. The number of ether oxygens (including phenoxy) is 1. The molecule has 0 saturated carbocycles. The highest BCUT2D eigenvalue weighted by molar-refractivity contribution is 5.88. The summed E-state index contributed by atoms with van der Waals surface area (Å²) in [4.78, 5) is 42.6. The van der Waals surface area contributed by atoms with E-state index in [2.05, 4.69) is 20.3 Å². The molecule has 0 aliphatic carbocycles. The minimum atomic E-state index is -0.781. The Balaban J connectivity index is 1.95. The van der Waals surface area contributed by atoms with Gasteiger partial charge in [0.15, 0.2) is 11.4 Å². The van der Waals surface area contributed by atoms with Gasteiger partial charge in [-0.1, -0.05) is 0 Å². The van der Waals surface area contributed by atoms with Crippen molar-refractivity contribution in [3.05, 3.63) is 57.2 Å². The van der Waals surface area contributed by atoms with Crippen molar-refractivity contribution in [3.63, 3.8) is 0 Å². The van der Waals surface area contributed by atoms with Crippen LogP contribution in [-0.2, 0) is 4.79 Å². The van der Waals surface area contributed by atoms with Crippen molar-refractivity contribution in [1.82, 2.24) is 15.0 Å². The quantitative estimate of drug-likeness (QED) is 0.631. The lowest BCUT2D eigenvalue weighted by molar-refractivity contribution is -0.114. The highest BCUT2D eigenvalue weighted by atomic mass is 16.5. The van der Waals surface area contributed by atoms with Crippen LogP contribution in [-0.4, -0.2) is 20.9 Å². The minimum absolute atomic E-state index is 0.166. The number of nitrogens with one attached hydrogen (secondary N) is 3. The van der Waals surface area contributed by atoms with Crippen molar-refractivity contribution < 1.29 is 9.53 Å². The first-order valence-corrected chi connectivity index (χ1v) is 6.70. The molecule has 1 aromatic carbocycles. The van der Waals surface area contributed by atoms with E-state index in [4.69, 9.17) is 4.74 Å². The molecule has 0 saturated heterocycles. The molecule has 0 bridgehead atoms. The van der Waals surface area contributed by atoms with E-state index in [1.165, 1.54) is 13.1 Å². The molecule has 3 N–H and O–H groups in total. The fraction of sp³-hybridized carbons (Fsp3) is 0.0667. The highest BCUT2D eigenvalue weighted by Crippen LogP contribution is 2.26. The zero-order chi connectivity index (χ0) is 16.4. The second kappa shape index (κ2) is 5.76. The number of carbonyl (C=O) groups is 1. The fourth-order valence-corrected chi connectivity index (χ4v) is 2.02. The Morgan fingerprint density at radius 1 is 1.09 bits per heavy atom. The van der Waals surface area contributed by atoms with Crippen LogP contribution >= 0.6 is 0 Å². The molecule has 2 heterocycles. The Morgan fingerprint density at radius 3 is 2.48 bits per heavy atom. The van der Waals surface area contributed by atoms with E-state index in [-0.39, 0.29) is 11.6 Å². The van der Waals surface area contributed by atoms with E-state index in [0.29, 0.717) is 22.7 Å². The number of hydrogen-bond donors (Lipinski definition) is 3. The number of H-pyrrole nitrogens is 2. The van der Waals surface area contributed by atoms with Gasteiger partial charge in [-0.05, 0) is 24.3 Å². The second-order valence-corrected chi connectivity index (χ2v) is 4.75. The summed E-state index contributed by atoms with van der Waals surface area (Å²) in [5, 5.41) is 2.65. The SMILES string of the molecule is CC(=O)Nc1ccc(Oc2ccnc3[nH]c(=O)c(=O)[nH]c23)cc1. The lowest BCUT2D eigenvalue weighted by Crippen LogP contribution is -2.29. The Morgan fingerprint density at radius 2 is 1.78 bits per heavy atom. The van der Waals surface area contributed by atoms with E-state index in [0.717, 1.165) is 0 Å². The number of amides is 1. The van der Waals surface area contributed by atoms with Gasteiger partial charge in [-0.25, -0.2) is 4.98 Å². The van der Waals surface area contributed by atoms with Gasteiger partial charge in [0, 0.05) is 24.9 Å². The number of anilines is 1. The summed E-state index contributed by atoms with van der Waals surface area (Å²) < 4.78 is 5.70. The third-order valence-electron chi connectivity index (χ3n) is 2.99. The predicted octanol–water partition coefficient (Wildman–Crippen LogP) is 1.36. The normalized spacial score (nSPS) is 10.5. The third-order valence-corrected chi connectivity index (χ3v) is 2.99. The molecule has 0 unspecified atom stereocenters. The molecular weight excluding hydrogens is 300 g/mol. The largest absolute Gasteiger partial charge is 0.455 e. The van der Waals surface area contributed by atoms with Crippen LogP contribution in [0.1, 0.15) is 6.92 Å². The lowest BCUT2D eigenvalue weighted by atomic mass is 10.3. The summed E-state index contributed by atoms with van der Waals surface area (Å²) in [6.45, 7) is 1.42.